The van der Waals surface area contributed by atoms with E-state index in [-0.39, 0.29) is 11.9 Å². The van der Waals surface area contributed by atoms with Crippen LogP contribution in [0.1, 0.15) is 30.1 Å². The lowest BCUT2D eigenvalue weighted by Crippen LogP contribution is -2.56. The number of hydrogen-bond donors (Lipinski definition) is 0. The number of carbonyl (C=O) groups is 1. The highest BCUT2D eigenvalue weighted by Crippen LogP contribution is 2.27. The minimum absolute atomic E-state index is 0.0900. The predicted octanol–water partition coefficient (Wildman–Crippen LogP) is 3.41. The third-order valence-electron chi connectivity index (χ3n) is 4.31. The van der Waals surface area contributed by atoms with E-state index < -0.39 is 0 Å². The van der Waals surface area contributed by atoms with Gasteiger partial charge in [-0.3, -0.25) is 9.69 Å². The van der Waals surface area contributed by atoms with Gasteiger partial charge in [0.25, 0.3) is 5.91 Å². The largest absolute Gasteiger partial charge is 0.333 e. The molecular weight excluding hydrogens is 340 g/mol. The van der Waals surface area contributed by atoms with Gasteiger partial charge in [0.1, 0.15) is 0 Å². The molecule has 0 bridgehead atoms. The second kappa shape index (κ2) is 5.66. The van der Waals surface area contributed by atoms with Gasteiger partial charge < -0.3 is 4.90 Å². The highest BCUT2D eigenvalue weighted by Gasteiger charge is 2.36. The number of benzene rings is 1. The van der Waals surface area contributed by atoms with Crippen LogP contribution in [-0.4, -0.2) is 47.4 Å². The van der Waals surface area contributed by atoms with E-state index >= 15 is 0 Å². The molecule has 108 valence electrons. The molecule has 2 aliphatic heterocycles. The van der Waals surface area contributed by atoms with Crippen molar-refractivity contribution in [2.75, 3.05) is 19.6 Å². The maximum absolute atomic E-state index is 12.7. The molecule has 2 heterocycles. The molecule has 2 aliphatic rings. The third kappa shape index (κ3) is 2.74. The molecule has 5 heteroatoms. The number of amides is 1. The summed E-state index contributed by atoms with van der Waals surface area (Å²) in [5.41, 5.74) is 0.669. The van der Waals surface area contributed by atoms with E-state index in [2.05, 4.69) is 27.8 Å². The summed E-state index contributed by atoms with van der Waals surface area (Å²) >= 11 is 9.45. The zero-order valence-corrected chi connectivity index (χ0v) is 13.8. The predicted molar refractivity (Wildman–Crippen MR) is 84.2 cm³/mol. The van der Waals surface area contributed by atoms with Crippen molar-refractivity contribution in [3.8, 4) is 0 Å². The van der Waals surface area contributed by atoms with Gasteiger partial charge >= 0.3 is 0 Å². The number of rotatable bonds is 1. The summed E-state index contributed by atoms with van der Waals surface area (Å²) in [5, 5.41) is 0.592. The van der Waals surface area contributed by atoms with Crippen molar-refractivity contribution in [3.05, 3.63) is 33.3 Å². The van der Waals surface area contributed by atoms with Gasteiger partial charge in [-0.25, -0.2) is 0 Å². The van der Waals surface area contributed by atoms with Crippen molar-refractivity contribution < 1.29 is 4.79 Å². The molecule has 1 amide bonds. The summed E-state index contributed by atoms with van der Waals surface area (Å²) in [7, 11) is 0. The molecule has 1 aromatic rings. The monoisotopic (exact) mass is 356 g/mol. The van der Waals surface area contributed by atoms with Crippen molar-refractivity contribution in [2.45, 2.75) is 31.8 Å². The molecule has 3 rings (SSSR count). The van der Waals surface area contributed by atoms with Crippen LogP contribution < -0.4 is 0 Å². The van der Waals surface area contributed by atoms with Gasteiger partial charge in [-0.05, 0) is 44.5 Å². The van der Waals surface area contributed by atoms with Gasteiger partial charge in [0.15, 0.2) is 0 Å². The van der Waals surface area contributed by atoms with Crippen LogP contribution in [0.2, 0.25) is 5.02 Å². The first-order valence-electron chi connectivity index (χ1n) is 7.05. The van der Waals surface area contributed by atoms with Gasteiger partial charge in [0.2, 0.25) is 0 Å². The Labute approximate surface area is 133 Å². The maximum Gasteiger partial charge on any atom is 0.254 e. The van der Waals surface area contributed by atoms with E-state index in [1.165, 1.54) is 19.4 Å². The second-order valence-electron chi connectivity index (χ2n) is 5.76. The van der Waals surface area contributed by atoms with Gasteiger partial charge in [0.05, 0.1) is 0 Å². The smallest absolute Gasteiger partial charge is 0.254 e. The first-order chi connectivity index (χ1) is 9.54. The Kier molecular flexibility index (Phi) is 4.07. The van der Waals surface area contributed by atoms with Crippen LogP contribution in [0.4, 0.5) is 0 Å². The first-order valence-corrected chi connectivity index (χ1v) is 8.23. The van der Waals surface area contributed by atoms with Crippen LogP contribution in [0.5, 0.6) is 0 Å². The number of carbonyl (C=O) groups excluding carboxylic acids is 1. The van der Waals surface area contributed by atoms with Crippen LogP contribution in [0, 0.1) is 0 Å². The van der Waals surface area contributed by atoms with E-state index in [0.29, 0.717) is 16.6 Å². The summed E-state index contributed by atoms with van der Waals surface area (Å²) in [6.45, 7) is 5.13. The number of nitrogens with zero attached hydrogens (tertiary/aromatic N) is 2. The normalized spacial score (nSPS) is 26.6. The number of halogens is 2. The molecule has 20 heavy (non-hydrogen) atoms. The van der Waals surface area contributed by atoms with Gasteiger partial charge in [0, 0.05) is 40.2 Å². The van der Waals surface area contributed by atoms with E-state index in [0.717, 1.165) is 17.6 Å². The van der Waals surface area contributed by atoms with Crippen LogP contribution in [0.25, 0.3) is 0 Å². The van der Waals surface area contributed by atoms with Gasteiger partial charge in [-0.1, -0.05) is 27.5 Å². The van der Waals surface area contributed by atoms with Gasteiger partial charge in [-0.15, -0.1) is 0 Å². The van der Waals surface area contributed by atoms with E-state index in [9.17, 15) is 4.79 Å². The molecule has 0 saturated carbocycles. The number of fused-ring (bicyclic) bond motifs is 1. The minimum Gasteiger partial charge on any atom is -0.333 e. The summed E-state index contributed by atoms with van der Waals surface area (Å²) < 4.78 is 0.848. The van der Waals surface area contributed by atoms with Crippen molar-refractivity contribution in [1.82, 2.24) is 9.80 Å². The lowest BCUT2D eigenvalue weighted by atomic mass is 10.1. The minimum atomic E-state index is 0.0900. The quantitative estimate of drug-likeness (QED) is 0.769. The zero-order chi connectivity index (χ0) is 14.3. The fourth-order valence-corrected chi connectivity index (χ4v) is 4.17. The topological polar surface area (TPSA) is 23.6 Å². The molecule has 2 saturated heterocycles. The lowest BCUT2D eigenvalue weighted by molar-refractivity contribution is 0.0395. The average molecular weight is 358 g/mol. The summed E-state index contributed by atoms with van der Waals surface area (Å²) in [4.78, 5) is 17.3. The second-order valence-corrected chi connectivity index (χ2v) is 7.11. The van der Waals surface area contributed by atoms with Crippen molar-refractivity contribution >= 4 is 33.4 Å². The summed E-state index contributed by atoms with van der Waals surface area (Å²) in [5.74, 6) is 0.0900. The summed E-state index contributed by atoms with van der Waals surface area (Å²) in [6.07, 6.45) is 2.46. The summed E-state index contributed by atoms with van der Waals surface area (Å²) in [6, 6.07) is 6.20. The molecule has 2 atom stereocenters. The van der Waals surface area contributed by atoms with E-state index in [1.54, 1.807) is 12.1 Å². The number of piperazine rings is 1. The molecule has 2 fully saturated rings. The van der Waals surface area contributed by atoms with Crippen molar-refractivity contribution in [3.63, 3.8) is 0 Å². The molecule has 0 aromatic heterocycles. The molecule has 0 radical (unpaired) electrons. The Morgan fingerprint density at radius 3 is 2.90 bits per heavy atom. The average Bonchev–Trinajstić information content (AvgIpc) is 2.82. The molecule has 0 N–H and O–H groups in total. The highest BCUT2D eigenvalue weighted by molar-refractivity contribution is 9.10. The Balaban J connectivity index is 1.82. The lowest BCUT2D eigenvalue weighted by Gasteiger charge is -2.42. The molecule has 0 spiro atoms. The van der Waals surface area contributed by atoms with Crippen LogP contribution in [0.3, 0.4) is 0 Å². The Hall–Kier alpha value is -0.580. The zero-order valence-electron chi connectivity index (χ0n) is 11.5. The SMILES string of the molecule is CC1CN2CCCC2CN1C(=O)c1cc(Cl)cc(Br)c1. The molecule has 3 nitrogen and oxygen atoms in total. The molecular formula is C15H18BrClN2O. The van der Waals surface area contributed by atoms with Gasteiger partial charge in [-0.2, -0.15) is 0 Å². The highest BCUT2D eigenvalue weighted by atomic mass is 79.9. The first kappa shape index (κ1) is 14.4. The van der Waals surface area contributed by atoms with E-state index in [1.807, 2.05) is 11.0 Å². The van der Waals surface area contributed by atoms with Crippen molar-refractivity contribution in [1.29, 1.82) is 0 Å². The Morgan fingerprint density at radius 2 is 2.15 bits per heavy atom. The molecule has 2 unspecified atom stereocenters. The Bertz CT molecular complexity index is 516. The fraction of sp³-hybridized carbons (Fsp3) is 0.533. The standard InChI is InChI=1S/C15H18BrClN2O/c1-10-8-18-4-2-3-14(18)9-19(10)15(20)11-5-12(16)7-13(17)6-11/h5-7,10,14H,2-4,8-9H2,1H3. The fourth-order valence-electron chi connectivity index (χ4n) is 3.31. The van der Waals surface area contributed by atoms with Crippen LogP contribution in [0.15, 0.2) is 22.7 Å². The van der Waals surface area contributed by atoms with E-state index in [4.69, 9.17) is 11.6 Å². The maximum atomic E-state index is 12.7. The number of hydrogen-bond acceptors (Lipinski definition) is 2. The third-order valence-corrected chi connectivity index (χ3v) is 4.98. The van der Waals surface area contributed by atoms with Crippen LogP contribution >= 0.6 is 27.5 Å². The Morgan fingerprint density at radius 1 is 1.35 bits per heavy atom. The van der Waals surface area contributed by atoms with Crippen molar-refractivity contribution in [2.24, 2.45) is 0 Å². The molecule has 0 aliphatic carbocycles. The van der Waals surface area contributed by atoms with Crippen LogP contribution in [-0.2, 0) is 0 Å². The molecule has 1 aromatic carbocycles.